The molecule has 38 heavy (non-hydrogen) atoms. The van der Waals surface area contributed by atoms with Crippen LogP contribution in [0.2, 0.25) is 0 Å². The van der Waals surface area contributed by atoms with E-state index in [0.29, 0.717) is 47.2 Å². The Morgan fingerprint density at radius 2 is 1.79 bits per heavy atom. The van der Waals surface area contributed by atoms with Crippen LogP contribution in [0.3, 0.4) is 0 Å². The molecule has 0 saturated carbocycles. The van der Waals surface area contributed by atoms with Crippen molar-refractivity contribution >= 4 is 28.7 Å². The van der Waals surface area contributed by atoms with E-state index < -0.39 is 11.6 Å². The molecule has 1 atom stereocenters. The number of H-pyrrole nitrogens is 2. The van der Waals surface area contributed by atoms with Crippen molar-refractivity contribution in [3.8, 4) is 34.6 Å². The van der Waals surface area contributed by atoms with Gasteiger partial charge in [-0.1, -0.05) is 24.1 Å². The normalized spacial score (nSPS) is 15.0. The number of carbonyl (C=O) groups is 2. The number of nitrogens with zero attached hydrogens (tertiary/aromatic N) is 2. The first-order chi connectivity index (χ1) is 18.4. The van der Waals surface area contributed by atoms with Gasteiger partial charge in [-0.05, 0) is 62.1 Å². The van der Waals surface area contributed by atoms with Crippen LogP contribution >= 0.6 is 0 Å². The minimum atomic E-state index is -0.717. The number of piperidine rings is 1. The molecule has 10 heteroatoms. The van der Waals surface area contributed by atoms with Gasteiger partial charge >= 0.3 is 5.69 Å². The topological polar surface area (TPSA) is 146 Å². The molecule has 1 aliphatic rings. The Morgan fingerprint density at radius 3 is 2.50 bits per heavy atom. The number of fused-ring (bicyclic) bond motifs is 1. The molecule has 2 aromatic carbocycles. The smallest absolute Gasteiger partial charge is 0.323 e. The summed E-state index contributed by atoms with van der Waals surface area (Å²) in [7, 11) is 0. The van der Waals surface area contributed by atoms with E-state index >= 15 is 0 Å². The van der Waals surface area contributed by atoms with Gasteiger partial charge in [0.15, 0.2) is 5.82 Å². The predicted molar refractivity (Wildman–Crippen MR) is 144 cm³/mol. The average Bonchev–Trinajstić information content (AvgIpc) is 3.29. The number of nitrogens with two attached hydrogens (primary N) is 1. The molecule has 10 nitrogen and oxygen atoms in total. The lowest BCUT2D eigenvalue weighted by atomic mass is 10.0. The molecular weight excluding hydrogens is 484 g/mol. The molecule has 0 radical (unpaired) electrons. The second-order valence-corrected chi connectivity index (χ2v) is 8.93. The highest BCUT2D eigenvalue weighted by Crippen LogP contribution is 2.34. The van der Waals surface area contributed by atoms with Gasteiger partial charge in [0, 0.05) is 24.7 Å². The lowest BCUT2D eigenvalue weighted by molar-refractivity contribution is -0.116. The molecule has 2 aromatic heterocycles. The Bertz CT molecular complexity index is 1610. The van der Waals surface area contributed by atoms with E-state index in [1.54, 1.807) is 31.2 Å². The van der Waals surface area contributed by atoms with Crippen molar-refractivity contribution in [1.82, 2.24) is 20.3 Å². The average molecular weight is 511 g/mol. The summed E-state index contributed by atoms with van der Waals surface area (Å²) in [5, 5.41) is 2.93. The molecule has 0 aliphatic carbocycles. The molecule has 0 unspecified atom stereocenters. The molecule has 2 amide bonds. The van der Waals surface area contributed by atoms with Crippen LogP contribution in [-0.4, -0.2) is 45.9 Å². The zero-order valence-electron chi connectivity index (χ0n) is 20.7. The van der Waals surface area contributed by atoms with Gasteiger partial charge in [0.25, 0.3) is 11.8 Å². The van der Waals surface area contributed by atoms with E-state index in [9.17, 15) is 14.4 Å². The Hall–Kier alpha value is -5.04. The molecule has 1 saturated heterocycles. The minimum absolute atomic E-state index is 0.110. The number of aromatic nitrogens is 3. The Balaban J connectivity index is 1.55. The van der Waals surface area contributed by atoms with Crippen molar-refractivity contribution in [3.05, 3.63) is 70.6 Å². The fourth-order valence-electron chi connectivity index (χ4n) is 4.68. The Morgan fingerprint density at radius 1 is 1.08 bits per heavy atom. The third-order valence-electron chi connectivity index (χ3n) is 6.30. The molecule has 1 fully saturated rings. The summed E-state index contributed by atoms with van der Waals surface area (Å²) < 4.78 is 5.88. The van der Waals surface area contributed by atoms with E-state index in [2.05, 4.69) is 27.1 Å². The molecule has 0 spiro atoms. The number of amides is 2. The highest BCUT2D eigenvalue weighted by molar-refractivity contribution is 6.11. The van der Waals surface area contributed by atoms with Crippen molar-refractivity contribution < 1.29 is 14.3 Å². The van der Waals surface area contributed by atoms with E-state index in [1.165, 1.54) is 0 Å². The van der Waals surface area contributed by atoms with Crippen molar-refractivity contribution in [3.63, 3.8) is 0 Å². The van der Waals surface area contributed by atoms with Gasteiger partial charge in [-0.15, -0.1) is 0 Å². The first-order valence-corrected chi connectivity index (χ1v) is 12.2. The molecule has 3 heterocycles. The van der Waals surface area contributed by atoms with Crippen LogP contribution in [0.1, 0.15) is 30.1 Å². The summed E-state index contributed by atoms with van der Waals surface area (Å²) in [6.07, 6.45) is 1.58. The predicted octanol–water partition coefficient (Wildman–Crippen LogP) is 2.92. The van der Waals surface area contributed by atoms with Crippen LogP contribution < -0.4 is 26.4 Å². The van der Waals surface area contributed by atoms with Crippen LogP contribution in [0.5, 0.6) is 11.5 Å². The number of nitrogens with one attached hydrogen (secondary N) is 3. The molecular formula is C28H26N6O4. The number of hydrogen-bond acceptors (Lipinski definition) is 6. The zero-order chi connectivity index (χ0) is 26.6. The van der Waals surface area contributed by atoms with Gasteiger partial charge < -0.3 is 30.7 Å². The third-order valence-corrected chi connectivity index (χ3v) is 6.30. The van der Waals surface area contributed by atoms with Crippen LogP contribution in [0, 0.1) is 11.8 Å². The second-order valence-electron chi connectivity index (χ2n) is 8.93. The van der Waals surface area contributed by atoms with Gasteiger partial charge in [0.05, 0.1) is 16.8 Å². The number of carbonyl (C=O) groups excluding carboxylic acids is 2. The van der Waals surface area contributed by atoms with Gasteiger partial charge in [-0.3, -0.25) is 9.59 Å². The Kier molecular flexibility index (Phi) is 6.82. The standard InChI is InChI=1S/C28H26N6O4/c1-2-7-21(35)30-18-8-6-15-34(16-18)27-25-24(32-28(37)33-25)22(26(29)36)23(31-27)17-11-13-20(14-12-17)38-19-9-4-3-5-10-19/h3-5,9-14,18H,6,8,15-16H2,1H3,(H2,29,36)(H,30,35)(H2,32,33,37)/t18-/m0/s1. The largest absolute Gasteiger partial charge is 0.457 e. The highest BCUT2D eigenvalue weighted by atomic mass is 16.5. The first-order valence-electron chi connectivity index (χ1n) is 12.2. The zero-order valence-corrected chi connectivity index (χ0v) is 20.7. The number of primary amides is 1. The molecule has 1 aliphatic heterocycles. The number of hydrogen-bond donors (Lipinski definition) is 4. The number of ether oxygens (including phenoxy) is 1. The van der Waals surface area contributed by atoms with E-state index in [4.69, 9.17) is 15.5 Å². The quantitative estimate of drug-likeness (QED) is 0.293. The molecule has 5 N–H and O–H groups in total. The SMILES string of the molecule is CC#CC(=O)N[C@H]1CCCN(c2nc(-c3ccc(Oc4ccccc4)cc3)c(C(N)=O)c3[nH]c(=O)[nH]c23)C1. The summed E-state index contributed by atoms with van der Waals surface area (Å²) in [4.78, 5) is 49.3. The molecule has 192 valence electrons. The highest BCUT2D eigenvalue weighted by Gasteiger charge is 2.28. The first kappa shape index (κ1) is 24.6. The number of para-hydroxylation sites is 1. The summed E-state index contributed by atoms with van der Waals surface area (Å²) in [5.74, 6) is 5.85. The van der Waals surface area contributed by atoms with Crippen molar-refractivity contribution in [2.45, 2.75) is 25.8 Å². The van der Waals surface area contributed by atoms with Crippen LogP contribution in [-0.2, 0) is 4.79 Å². The summed E-state index contributed by atoms with van der Waals surface area (Å²) in [6.45, 7) is 2.73. The van der Waals surface area contributed by atoms with Crippen LogP contribution in [0.25, 0.3) is 22.3 Å². The number of pyridine rings is 1. The van der Waals surface area contributed by atoms with E-state index in [-0.39, 0.29) is 23.0 Å². The Labute approximate surface area is 218 Å². The fourth-order valence-corrected chi connectivity index (χ4v) is 4.68. The van der Waals surface area contributed by atoms with Gasteiger partial charge in [0.1, 0.15) is 17.0 Å². The molecule has 0 bridgehead atoms. The minimum Gasteiger partial charge on any atom is -0.457 e. The third kappa shape index (κ3) is 5.08. The number of benzene rings is 2. The van der Waals surface area contributed by atoms with E-state index in [0.717, 1.165) is 12.8 Å². The van der Waals surface area contributed by atoms with Crippen molar-refractivity contribution in [1.29, 1.82) is 0 Å². The summed E-state index contributed by atoms with van der Waals surface area (Å²) >= 11 is 0. The van der Waals surface area contributed by atoms with Crippen LogP contribution in [0.15, 0.2) is 59.4 Å². The fraction of sp³-hybridized carbons (Fsp3) is 0.214. The van der Waals surface area contributed by atoms with Crippen molar-refractivity contribution in [2.75, 3.05) is 18.0 Å². The second kappa shape index (κ2) is 10.5. The lowest BCUT2D eigenvalue weighted by Crippen LogP contribution is -2.48. The van der Waals surface area contributed by atoms with Gasteiger partial charge in [0.2, 0.25) is 0 Å². The molecule has 4 aromatic rings. The summed E-state index contributed by atoms with van der Waals surface area (Å²) in [6, 6.07) is 16.4. The number of anilines is 1. The molecule has 5 rings (SSSR count). The number of imidazole rings is 1. The number of aromatic amines is 2. The van der Waals surface area contributed by atoms with Crippen molar-refractivity contribution in [2.24, 2.45) is 5.73 Å². The number of rotatable bonds is 6. The summed E-state index contributed by atoms with van der Waals surface area (Å²) in [5.41, 5.74) is 7.05. The lowest BCUT2D eigenvalue weighted by Gasteiger charge is -2.34. The maximum atomic E-state index is 12.6. The van der Waals surface area contributed by atoms with E-state index in [1.807, 2.05) is 35.2 Å². The van der Waals surface area contributed by atoms with Crippen LogP contribution in [0.4, 0.5) is 5.82 Å². The van der Waals surface area contributed by atoms with Gasteiger partial charge in [-0.25, -0.2) is 9.78 Å². The maximum Gasteiger partial charge on any atom is 0.323 e. The van der Waals surface area contributed by atoms with Gasteiger partial charge in [-0.2, -0.15) is 0 Å². The maximum absolute atomic E-state index is 12.6. The monoisotopic (exact) mass is 510 g/mol.